The normalized spacial score (nSPS) is 11.3. The maximum Gasteiger partial charge on any atom is 0.0715 e. The lowest BCUT2D eigenvalue weighted by molar-refractivity contribution is 0.858. The van der Waals surface area contributed by atoms with Gasteiger partial charge in [0.15, 0.2) is 0 Å². The second kappa shape index (κ2) is 5.13. The number of benzene rings is 1. The molecular weight excluding hydrogens is 206 g/mol. The molecule has 0 bridgehead atoms. The van der Waals surface area contributed by atoms with Gasteiger partial charge in [-0.05, 0) is 30.5 Å². The Hall–Kier alpha value is -1.08. The van der Waals surface area contributed by atoms with Crippen LogP contribution in [-0.4, -0.2) is 6.21 Å². The van der Waals surface area contributed by atoms with Crippen molar-refractivity contribution in [3.8, 4) is 0 Å². The van der Waals surface area contributed by atoms with E-state index < -0.39 is 0 Å². The highest BCUT2D eigenvalue weighted by Crippen LogP contribution is 2.35. The SMILES string of the molecule is C=C(c1c(Cl)cccc1N=CC)C(C)C. The number of allylic oxidation sites excluding steroid dienone is 1. The number of hydrogen-bond acceptors (Lipinski definition) is 1. The fourth-order valence-corrected chi connectivity index (χ4v) is 1.66. The summed E-state index contributed by atoms with van der Waals surface area (Å²) in [6.45, 7) is 10.2. The Kier molecular flexibility index (Phi) is 4.10. The molecule has 15 heavy (non-hydrogen) atoms. The van der Waals surface area contributed by atoms with E-state index in [4.69, 9.17) is 11.6 Å². The van der Waals surface area contributed by atoms with E-state index in [1.807, 2.05) is 25.1 Å². The first-order valence-corrected chi connectivity index (χ1v) is 5.42. The fraction of sp³-hybridized carbons (Fsp3) is 0.308. The summed E-state index contributed by atoms with van der Waals surface area (Å²) in [5, 5.41) is 0.719. The van der Waals surface area contributed by atoms with E-state index in [-0.39, 0.29) is 0 Å². The van der Waals surface area contributed by atoms with Crippen molar-refractivity contribution in [1.82, 2.24) is 0 Å². The summed E-state index contributed by atoms with van der Waals surface area (Å²) in [6, 6.07) is 5.73. The zero-order valence-electron chi connectivity index (χ0n) is 9.42. The molecule has 80 valence electrons. The molecule has 0 unspecified atom stereocenters. The lowest BCUT2D eigenvalue weighted by Crippen LogP contribution is -1.93. The van der Waals surface area contributed by atoms with Crippen LogP contribution in [0.3, 0.4) is 0 Å². The summed E-state index contributed by atoms with van der Waals surface area (Å²) < 4.78 is 0. The monoisotopic (exact) mass is 221 g/mol. The minimum atomic E-state index is 0.371. The van der Waals surface area contributed by atoms with Crippen LogP contribution in [0, 0.1) is 5.92 Å². The Morgan fingerprint density at radius 2 is 2.13 bits per heavy atom. The summed E-state index contributed by atoms with van der Waals surface area (Å²) in [6.07, 6.45) is 1.77. The number of rotatable bonds is 3. The highest BCUT2D eigenvalue weighted by molar-refractivity contribution is 6.32. The Labute approximate surface area is 96.5 Å². The van der Waals surface area contributed by atoms with Crippen LogP contribution in [0.2, 0.25) is 5.02 Å². The Bertz CT molecular complexity index is 392. The van der Waals surface area contributed by atoms with Gasteiger partial charge >= 0.3 is 0 Å². The highest BCUT2D eigenvalue weighted by Gasteiger charge is 2.12. The van der Waals surface area contributed by atoms with E-state index in [0.29, 0.717) is 5.92 Å². The lowest BCUT2D eigenvalue weighted by Gasteiger charge is -2.13. The molecule has 0 amide bonds. The van der Waals surface area contributed by atoms with Crippen molar-refractivity contribution in [2.45, 2.75) is 20.8 Å². The van der Waals surface area contributed by atoms with Gasteiger partial charge in [0, 0.05) is 11.8 Å². The van der Waals surface area contributed by atoms with E-state index in [2.05, 4.69) is 25.4 Å². The van der Waals surface area contributed by atoms with Gasteiger partial charge in [-0.1, -0.05) is 38.1 Å². The van der Waals surface area contributed by atoms with E-state index >= 15 is 0 Å². The van der Waals surface area contributed by atoms with Gasteiger partial charge in [0.05, 0.1) is 10.7 Å². The predicted octanol–water partition coefficient (Wildman–Crippen LogP) is 4.73. The molecule has 1 nitrogen and oxygen atoms in total. The minimum Gasteiger partial charge on any atom is -0.261 e. The third kappa shape index (κ3) is 2.69. The second-order valence-electron chi connectivity index (χ2n) is 3.70. The lowest BCUT2D eigenvalue weighted by atomic mass is 9.95. The van der Waals surface area contributed by atoms with Crippen LogP contribution in [0.25, 0.3) is 5.57 Å². The molecule has 0 aliphatic heterocycles. The quantitative estimate of drug-likeness (QED) is 0.655. The average Bonchev–Trinajstić information content (AvgIpc) is 2.17. The first kappa shape index (κ1) is 12.0. The molecule has 1 aromatic carbocycles. The molecule has 0 saturated carbocycles. The van der Waals surface area contributed by atoms with Gasteiger partial charge in [-0.2, -0.15) is 0 Å². The topological polar surface area (TPSA) is 12.4 Å². The average molecular weight is 222 g/mol. The van der Waals surface area contributed by atoms with Gasteiger partial charge in [0.2, 0.25) is 0 Å². The van der Waals surface area contributed by atoms with E-state index in [1.165, 1.54) is 0 Å². The number of halogens is 1. The predicted molar refractivity (Wildman–Crippen MR) is 69.2 cm³/mol. The molecule has 0 aliphatic carbocycles. The summed E-state index contributed by atoms with van der Waals surface area (Å²) in [7, 11) is 0. The van der Waals surface area contributed by atoms with Gasteiger partial charge in [0.25, 0.3) is 0 Å². The first-order valence-electron chi connectivity index (χ1n) is 5.04. The van der Waals surface area contributed by atoms with E-state index in [1.54, 1.807) is 6.21 Å². The smallest absolute Gasteiger partial charge is 0.0715 e. The molecule has 0 aliphatic rings. The summed E-state index contributed by atoms with van der Waals surface area (Å²) in [5.74, 6) is 0.371. The van der Waals surface area contributed by atoms with Crippen LogP contribution in [0.15, 0.2) is 29.8 Å². The van der Waals surface area contributed by atoms with E-state index in [0.717, 1.165) is 21.8 Å². The zero-order chi connectivity index (χ0) is 11.4. The molecule has 2 heteroatoms. The molecule has 1 aromatic rings. The van der Waals surface area contributed by atoms with Gasteiger partial charge in [-0.15, -0.1) is 0 Å². The van der Waals surface area contributed by atoms with Crippen LogP contribution >= 0.6 is 11.6 Å². The Morgan fingerprint density at radius 3 is 2.67 bits per heavy atom. The Balaban J connectivity index is 3.30. The number of nitrogens with zero attached hydrogens (tertiary/aromatic N) is 1. The Morgan fingerprint density at radius 1 is 1.47 bits per heavy atom. The number of hydrogen-bond donors (Lipinski definition) is 0. The molecule has 0 N–H and O–H groups in total. The van der Waals surface area contributed by atoms with Crippen LogP contribution in [-0.2, 0) is 0 Å². The number of aliphatic imine (C=N–C) groups is 1. The molecule has 0 heterocycles. The van der Waals surface area contributed by atoms with Crippen LogP contribution in [0.5, 0.6) is 0 Å². The summed E-state index contributed by atoms with van der Waals surface area (Å²) in [4.78, 5) is 4.30. The van der Waals surface area contributed by atoms with Gasteiger partial charge in [-0.25, -0.2) is 0 Å². The molecule has 0 saturated heterocycles. The molecule has 0 atom stereocenters. The standard InChI is InChI=1S/C13H16ClN/c1-5-15-12-8-6-7-11(14)13(12)10(4)9(2)3/h5-9H,4H2,1-3H3. The second-order valence-corrected chi connectivity index (χ2v) is 4.11. The van der Waals surface area contributed by atoms with Gasteiger partial charge in [0.1, 0.15) is 0 Å². The van der Waals surface area contributed by atoms with Crippen molar-refractivity contribution in [3.05, 3.63) is 35.4 Å². The fourth-order valence-electron chi connectivity index (χ4n) is 1.37. The van der Waals surface area contributed by atoms with E-state index in [9.17, 15) is 0 Å². The largest absolute Gasteiger partial charge is 0.261 e. The van der Waals surface area contributed by atoms with Crippen LogP contribution in [0.4, 0.5) is 5.69 Å². The van der Waals surface area contributed by atoms with Crippen molar-refractivity contribution in [2.75, 3.05) is 0 Å². The van der Waals surface area contributed by atoms with Gasteiger partial charge < -0.3 is 0 Å². The summed E-state index contributed by atoms with van der Waals surface area (Å²) >= 11 is 6.17. The minimum absolute atomic E-state index is 0.371. The highest BCUT2D eigenvalue weighted by atomic mass is 35.5. The molecule has 0 fully saturated rings. The summed E-state index contributed by atoms with van der Waals surface area (Å²) in [5.41, 5.74) is 2.89. The van der Waals surface area contributed by atoms with Crippen LogP contribution in [0.1, 0.15) is 26.3 Å². The molecule has 1 rings (SSSR count). The van der Waals surface area contributed by atoms with Crippen molar-refractivity contribution in [3.63, 3.8) is 0 Å². The van der Waals surface area contributed by atoms with Crippen molar-refractivity contribution < 1.29 is 0 Å². The molecular formula is C13H16ClN. The van der Waals surface area contributed by atoms with Crippen molar-refractivity contribution >= 4 is 29.1 Å². The third-order valence-electron chi connectivity index (χ3n) is 2.28. The zero-order valence-corrected chi connectivity index (χ0v) is 10.2. The molecule has 0 radical (unpaired) electrons. The first-order chi connectivity index (χ1) is 7.07. The maximum absolute atomic E-state index is 6.17. The third-order valence-corrected chi connectivity index (χ3v) is 2.59. The maximum atomic E-state index is 6.17. The van der Waals surface area contributed by atoms with Crippen molar-refractivity contribution in [1.29, 1.82) is 0 Å². The molecule has 0 aromatic heterocycles. The van der Waals surface area contributed by atoms with Gasteiger partial charge in [-0.3, -0.25) is 4.99 Å². The van der Waals surface area contributed by atoms with Crippen LogP contribution < -0.4 is 0 Å². The van der Waals surface area contributed by atoms with Crippen molar-refractivity contribution in [2.24, 2.45) is 10.9 Å². The molecule has 0 spiro atoms.